The number of ether oxygens (including phenoxy) is 2. The molecule has 0 aromatic heterocycles. The molecule has 2 atom stereocenters. The molecule has 3 rings (SSSR count). The van der Waals surface area contributed by atoms with Crippen LogP contribution in [0.5, 0.6) is 0 Å². The second-order valence-corrected chi connectivity index (χ2v) is 8.00. The Kier molecular flexibility index (Phi) is 9.33. The van der Waals surface area contributed by atoms with Crippen molar-refractivity contribution in [1.82, 2.24) is 0 Å². The first-order valence-corrected chi connectivity index (χ1v) is 11.2. The van der Waals surface area contributed by atoms with E-state index in [1.54, 1.807) is 36.4 Å². The molecule has 9 nitrogen and oxygen atoms in total. The first-order valence-electron chi connectivity index (χ1n) is 11.2. The van der Waals surface area contributed by atoms with Crippen LogP contribution >= 0.6 is 0 Å². The fraction of sp³-hybridized carbons (Fsp3) is 0.308. The minimum atomic E-state index is -1.01. The number of anilines is 1. The summed E-state index contributed by atoms with van der Waals surface area (Å²) in [6.07, 6.45) is 6.25. The fourth-order valence-electron chi connectivity index (χ4n) is 3.68. The van der Waals surface area contributed by atoms with Gasteiger partial charge in [0.15, 0.2) is 0 Å². The van der Waals surface area contributed by atoms with Gasteiger partial charge in [0.1, 0.15) is 0 Å². The molecule has 2 N–H and O–H groups in total. The SMILES string of the molecule is O=C=Nc1ccc(Cc2ccc(NC(=O)OCCCOC(=O)C3C=CCCC3C(=O)O)cc2)cc1. The Bertz CT molecular complexity index is 1100. The third-order valence-electron chi connectivity index (χ3n) is 5.50. The van der Waals surface area contributed by atoms with Crippen molar-refractivity contribution in [2.75, 3.05) is 18.5 Å². The maximum absolute atomic E-state index is 12.2. The highest BCUT2D eigenvalue weighted by Gasteiger charge is 2.34. The molecule has 0 fully saturated rings. The molecule has 1 amide bonds. The Labute approximate surface area is 202 Å². The summed E-state index contributed by atoms with van der Waals surface area (Å²) in [5.41, 5.74) is 3.21. The second-order valence-electron chi connectivity index (χ2n) is 8.00. The zero-order valence-electron chi connectivity index (χ0n) is 19.0. The number of nitrogens with zero attached hydrogens (tertiary/aromatic N) is 1. The van der Waals surface area contributed by atoms with Crippen LogP contribution in [0.2, 0.25) is 0 Å². The highest BCUT2D eigenvalue weighted by molar-refractivity contribution is 5.84. The van der Waals surface area contributed by atoms with Crippen LogP contribution in [0.15, 0.2) is 65.7 Å². The number of aliphatic imine (C=N–C) groups is 1. The van der Waals surface area contributed by atoms with Crippen LogP contribution in [-0.4, -0.2) is 42.4 Å². The molecule has 2 unspecified atom stereocenters. The molecule has 1 aliphatic carbocycles. The standard InChI is InChI=1S/C26H26N2O7/c29-17-27-20-10-6-18(7-11-20)16-19-8-12-21(13-9-19)28-26(33)35-15-3-14-34-25(32)23-5-2-1-4-22(23)24(30)31/h2,5-13,22-23H,1,3-4,14-16H2,(H,28,33)(H,30,31). The highest BCUT2D eigenvalue weighted by atomic mass is 16.6. The molecule has 0 radical (unpaired) electrons. The van der Waals surface area contributed by atoms with E-state index in [2.05, 4.69) is 10.3 Å². The average Bonchev–Trinajstić information content (AvgIpc) is 2.86. The number of aliphatic carboxylic acids is 1. The van der Waals surface area contributed by atoms with Crippen molar-refractivity contribution in [2.45, 2.75) is 25.7 Å². The third-order valence-corrected chi connectivity index (χ3v) is 5.50. The maximum atomic E-state index is 12.2. The van der Waals surface area contributed by atoms with Crippen LogP contribution in [-0.2, 0) is 30.3 Å². The van der Waals surface area contributed by atoms with Crippen molar-refractivity contribution in [3.8, 4) is 0 Å². The summed E-state index contributed by atoms with van der Waals surface area (Å²) in [5, 5.41) is 11.9. The number of hydrogen-bond donors (Lipinski definition) is 2. The van der Waals surface area contributed by atoms with Gasteiger partial charge in [-0.1, -0.05) is 36.4 Å². The summed E-state index contributed by atoms with van der Waals surface area (Å²) in [5.74, 6) is -3.15. The lowest BCUT2D eigenvalue weighted by atomic mass is 9.84. The van der Waals surface area contributed by atoms with E-state index < -0.39 is 29.9 Å². The molecule has 0 heterocycles. The summed E-state index contributed by atoms with van der Waals surface area (Å²) in [4.78, 5) is 49.3. The predicted octanol–water partition coefficient (Wildman–Crippen LogP) is 4.39. The van der Waals surface area contributed by atoms with Gasteiger partial charge in [-0.25, -0.2) is 9.59 Å². The van der Waals surface area contributed by atoms with Crippen LogP contribution in [0.25, 0.3) is 0 Å². The molecule has 0 aliphatic heterocycles. The summed E-state index contributed by atoms with van der Waals surface area (Å²) in [7, 11) is 0. The quantitative estimate of drug-likeness (QED) is 0.170. The third kappa shape index (κ3) is 7.94. The monoisotopic (exact) mass is 478 g/mol. The van der Waals surface area contributed by atoms with Crippen LogP contribution in [0.1, 0.15) is 30.4 Å². The van der Waals surface area contributed by atoms with Crippen molar-refractivity contribution in [2.24, 2.45) is 16.8 Å². The van der Waals surface area contributed by atoms with E-state index in [1.165, 1.54) is 6.08 Å². The number of carboxylic acids is 1. The van der Waals surface area contributed by atoms with Crippen molar-refractivity contribution < 1.29 is 33.8 Å². The van der Waals surface area contributed by atoms with E-state index in [0.717, 1.165) is 11.1 Å². The number of carboxylic acid groups (broad SMARTS) is 1. The Morgan fingerprint density at radius 3 is 2.31 bits per heavy atom. The van der Waals surface area contributed by atoms with Gasteiger partial charge in [0.25, 0.3) is 0 Å². The molecule has 0 saturated heterocycles. The lowest BCUT2D eigenvalue weighted by Crippen LogP contribution is -2.31. The Balaban J connectivity index is 1.35. The minimum Gasteiger partial charge on any atom is -0.481 e. The smallest absolute Gasteiger partial charge is 0.411 e. The van der Waals surface area contributed by atoms with Crippen molar-refractivity contribution >= 4 is 35.5 Å². The van der Waals surface area contributed by atoms with E-state index in [0.29, 0.717) is 37.1 Å². The number of hydrogen-bond acceptors (Lipinski definition) is 7. The van der Waals surface area contributed by atoms with Gasteiger partial charge in [-0.3, -0.25) is 14.9 Å². The van der Waals surface area contributed by atoms with Gasteiger partial charge in [-0.2, -0.15) is 4.99 Å². The molecule has 9 heteroatoms. The number of allylic oxidation sites excluding steroid dienone is 1. The molecule has 35 heavy (non-hydrogen) atoms. The van der Waals surface area contributed by atoms with Crippen molar-refractivity contribution in [3.63, 3.8) is 0 Å². The number of isocyanates is 1. The van der Waals surface area contributed by atoms with Gasteiger partial charge in [0, 0.05) is 12.1 Å². The number of carbonyl (C=O) groups is 3. The van der Waals surface area contributed by atoms with Crippen molar-refractivity contribution in [1.29, 1.82) is 0 Å². The first kappa shape index (κ1) is 25.4. The number of nitrogens with one attached hydrogen (secondary N) is 1. The molecule has 0 saturated carbocycles. The lowest BCUT2D eigenvalue weighted by molar-refractivity contribution is -0.156. The molecular formula is C26H26N2O7. The molecule has 0 spiro atoms. The molecule has 1 aliphatic rings. The van der Waals surface area contributed by atoms with Crippen LogP contribution in [0, 0.1) is 11.8 Å². The second kappa shape index (κ2) is 12.9. The summed E-state index contributed by atoms with van der Waals surface area (Å²) in [6.45, 7) is 0.0736. The summed E-state index contributed by atoms with van der Waals surface area (Å²) < 4.78 is 10.3. The van der Waals surface area contributed by atoms with Crippen LogP contribution in [0.3, 0.4) is 0 Å². The van der Waals surface area contributed by atoms with Crippen LogP contribution in [0.4, 0.5) is 16.2 Å². The number of esters is 1. The van der Waals surface area contributed by atoms with E-state index in [4.69, 9.17) is 9.47 Å². The largest absolute Gasteiger partial charge is 0.481 e. The zero-order chi connectivity index (χ0) is 25.0. The van der Waals surface area contributed by atoms with Crippen LogP contribution < -0.4 is 5.32 Å². The van der Waals surface area contributed by atoms with Gasteiger partial charge in [0.05, 0.1) is 30.7 Å². The Morgan fingerprint density at radius 2 is 1.66 bits per heavy atom. The number of benzene rings is 2. The molecule has 182 valence electrons. The highest BCUT2D eigenvalue weighted by Crippen LogP contribution is 2.26. The molecular weight excluding hydrogens is 452 g/mol. The first-order chi connectivity index (χ1) is 17.0. The summed E-state index contributed by atoms with van der Waals surface area (Å²) >= 11 is 0. The Hall–Kier alpha value is -4.23. The summed E-state index contributed by atoms with van der Waals surface area (Å²) in [6, 6.07) is 14.5. The van der Waals surface area contributed by atoms with E-state index in [-0.39, 0.29) is 13.2 Å². The zero-order valence-corrected chi connectivity index (χ0v) is 19.0. The predicted molar refractivity (Wildman–Crippen MR) is 127 cm³/mol. The molecule has 2 aromatic carbocycles. The van der Waals surface area contributed by atoms with E-state index >= 15 is 0 Å². The topological polar surface area (TPSA) is 131 Å². The van der Waals surface area contributed by atoms with Gasteiger partial charge < -0.3 is 14.6 Å². The molecule has 2 aromatic rings. The fourth-order valence-corrected chi connectivity index (χ4v) is 3.68. The maximum Gasteiger partial charge on any atom is 0.411 e. The van der Waals surface area contributed by atoms with Gasteiger partial charge >= 0.3 is 18.0 Å². The minimum absolute atomic E-state index is 0.0277. The number of rotatable bonds is 10. The van der Waals surface area contributed by atoms with Gasteiger partial charge in [0.2, 0.25) is 6.08 Å². The van der Waals surface area contributed by atoms with Gasteiger partial charge in [-0.05, 0) is 54.7 Å². The van der Waals surface area contributed by atoms with Gasteiger partial charge in [-0.15, -0.1) is 0 Å². The average molecular weight is 479 g/mol. The number of carbonyl (C=O) groups excluding carboxylic acids is 3. The van der Waals surface area contributed by atoms with Crippen molar-refractivity contribution in [3.05, 3.63) is 71.8 Å². The normalized spacial score (nSPS) is 16.6. The van der Waals surface area contributed by atoms with E-state index in [9.17, 15) is 24.3 Å². The number of amides is 1. The lowest BCUT2D eigenvalue weighted by Gasteiger charge is -2.22. The van der Waals surface area contributed by atoms with E-state index in [1.807, 2.05) is 24.3 Å². The molecule has 0 bridgehead atoms. The Morgan fingerprint density at radius 1 is 1.00 bits per heavy atom.